The number of fused-ring (bicyclic) bond motifs is 5. The second-order valence-electron chi connectivity index (χ2n) is 11.7. The van der Waals surface area contributed by atoms with Gasteiger partial charge in [0.15, 0.2) is 5.78 Å². The third-order valence-corrected chi connectivity index (χ3v) is 10.3. The van der Waals surface area contributed by atoms with E-state index in [0.717, 1.165) is 31.4 Å². The van der Waals surface area contributed by atoms with Gasteiger partial charge >= 0.3 is 0 Å². The van der Waals surface area contributed by atoms with Gasteiger partial charge in [-0.25, -0.2) is 9.97 Å². The van der Waals surface area contributed by atoms with E-state index in [1.54, 1.807) is 25.5 Å². The highest BCUT2D eigenvalue weighted by Crippen LogP contribution is 2.68. The number of ketones is 1. The van der Waals surface area contributed by atoms with Gasteiger partial charge in [0.25, 0.3) is 0 Å². The van der Waals surface area contributed by atoms with Crippen LogP contribution in [0.3, 0.4) is 0 Å². The molecule has 7 heteroatoms. The Balaban J connectivity index is 1.42. The molecular formula is C28H38N4O3. The number of carbonyl (C=O) groups is 1. The van der Waals surface area contributed by atoms with E-state index in [0.29, 0.717) is 25.1 Å². The number of aliphatic hydroxyl groups excluding tert-OH is 1. The molecule has 35 heavy (non-hydrogen) atoms. The van der Waals surface area contributed by atoms with E-state index in [9.17, 15) is 15.0 Å². The number of aromatic nitrogens is 2. The zero-order valence-corrected chi connectivity index (χ0v) is 21.1. The molecule has 8 atom stereocenters. The summed E-state index contributed by atoms with van der Waals surface area (Å²) in [5.74, 6) is 0.938. The lowest BCUT2D eigenvalue weighted by Crippen LogP contribution is -2.62. The zero-order valence-electron chi connectivity index (χ0n) is 21.1. The van der Waals surface area contributed by atoms with Gasteiger partial charge in [-0.3, -0.25) is 9.79 Å². The maximum absolute atomic E-state index is 13.5. The minimum Gasteiger partial charge on any atom is -0.393 e. The van der Waals surface area contributed by atoms with Crippen LogP contribution < -0.4 is 0 Å². The van der Waals surface area contributed by atoms with E-state index >= 15 is 0 Å². The second-order valence-corrected chi connectivity index (χ2v) is 11.7. The highest BCUT2D eigenvalue weighted by Gasteiger charge is 2.68. The summed E-state index contributed by atoms with van der Waals surface area (Å²) in [6, 6.07) is 1.75. The molecule has 1 aromatic rings. The van der Waals surface area contributed by atoms with Crippen LogP contribution in [0.5, 0.6) is 0 Å². The number of aliphatic imine (C=N–C) groups is 1. The van der Waals surface area contributed by atoms with Crippen LogP contribution in [0.1, 0.15) is 64.6 Å². The number of nitrogens with one attached hydrogen (secondary N) is 1. The lowest BCUT2D eigenvalue weighted by Gasteiger charge is -2.61. The average molecular weight is 479 g/mol. The lowest BCUT2D eigenvalue weighted by molar-refractivity contribution is -0.180. The van der Waals surface area contributed by atoms with Gasteiger partial charge in [0.2, 0.25) is 0 Å². The summed E-state index contributed by atoms with van der Waals surface area (Å²) in [5, 5.41) is 31.5. The molecule has 0 saturated heterocycles. The Morgan fingerprint density at radius 1 is 1.26 bits per heavy atom. The maximum Gasteiger partial charge on any atom is 0.165 e. The highest BCUT2D eigenvalue weighted by molar-refractivity contribution is 6.06. The smallest absolute Gasteiger partial charge is 0.165 e. The Morgan fingerprint density at radius 2 is 2.00 bits per heavy atom. The van der Waals surface area contributed by atoms with Crippen molar-refractivity contribution in [3.63, 3.8) is 0 Å². The largest absolute Gasteiger partial charge is 0.393 e. The Kier molecular flexibility index (Phi) is 6.07. The number of hydrogen-bond donors (Lipinski definition) is 3. The highest BCUT2D eigenvalue weighted by atomic mass is 16.3. The van der Waals surface area contributed by atoms with Crippen molar-refractivity contribution in [1.29, 1.82) is 5.41 Å². The first kappa shape index (κ1) is 24.4. The first-order valence-electron chi connectivity index (χ1n) is 13.1. The van der Waals surface area contributed by atoms with Crippen molar-refractivity contribution in [3.05, 3.63) is 35.9 Å². The third kappa shape index (κ3) is 3.57. The van der Waals surface area contributed by atoms with Crippen LogP contribution in [0.2, 0.25) is 0 Å². The summed E-state index contributed by atoms with van der Waals surface area (Å²) >= 11 is 0. The molecule has 0 aliphatic heterocycles. The first-order chi connectivity index (χ1) is 16.7. The molecule has 0 amide bonds. The van der Waals surface area contributed by atoms with E-state index in [4.69, 9.17) is 5.41 Å². The van der Waals surface area contributed by atoms with Crippen LogP contribution in [-0.2, 0) is 11.2 Å². The molecule has 5 rings (SSSR count). The standard InChI is InChI=1S/C28H38N4O3/c1-26-14-17(16-29)21(30-3)13-18(26)5-6-19-20-9-10-28(35,27(20,2)15-22(33)25(19)26)23(34)7-8-24-31-11-4-12-32-24/h4,11-13,16-17,19-20,22,25,29,33,35H,5-10,14-15H2,1-3H3. The Bertz CT molecular complexity index is 1070. The van der Waals surface area contributed by atoms with Crippen molar-refractivity contribution in [2.24, 2.45) is 39.5 Å². The molecule has 0 spiro atoms. The summed E-state index contributed by atoms with van der Waals surface area (Å²) in [4.78, 5) is 26.4. The van der Waals surface area contributed by atoms with Crippen molar-refractivity contribution in [1.82, 2.24) is 9.97 Å². The Morgan fingerprint density at radius 3 is 2.69 bits per heavy atom. The van der Waals surface area contributed by atoms with Gasteiger partial charge in [0.1, 0.15) is 11.4 Å². The average Bonchev–Trinajstić information content (AvgIpc) is 3.12. The van der Waals surface area contributed by atoms with Crippen LogP contribution in [0, 0.1) is 39.9 Å². The molecule has 7 nitrogen and oxygen atoms in total. The van der Waals surface area contributed by atoms with Crippen molar-refractivity contribution in [3.8, 4) is 0 Å². The fourth-order valence-corrected chi connectivity index (χ4v) is 8.55. The molecule has 3 N–H and O–H groups in total. The number of aryl methyl sites for hydroxylation is 1. The predicted octanol–water partition coefficient (Wildman–Crippen LogP) is 3.59. The molecule has 1 heterocycles. The van der Waals surface area contributed by atoms with E-state index in [1.165, 1.54) is 11.8 Å². The minimum absolute atomic E-state index is 0.0321. The number of carbonyl (C=O) groups excluding carboxylic acids is 1. The van der Waals surface area contributed by atoms with Gasteiger partial charge < -0.3 is 15.6 Å². The quantitative estimate of drug-likeness (QED) is 0.559. The molecule has 8 unspecified atom stereocenters. The molecule has 4 aliphatic carbocycles. The molecule has 0 bridgehead atoms. The summed E-state index contributed by atoms with van der Waals surface area (Å²) in [7, 11) is 1.79. The predicted molar refractivity (Wildman–Crippen MR) is 134 cm³/mol. The Hall–Kier alpha value is -2.25. The third-order valence-electron chi connectivity index (χ3n) is 10.3. The van der Waals surface area contributed by atoms with Crippen LogP contribution in [0.4, 0.5) is 0 Å². The lowest BCUT2D eigenvalue weighted by atomic mass is 9.44. The summed E-state index contributed by atoms with van der Waals surface area (Å²) < 4.78 is 0. The van der Waals surface area contributed by atoms with E-state index in [2.05, 4.69) is 28.0 Å². The van der Waals surface area contributed by atoms with Gasteiger partial charge in [-0.2, -0.15) is 0 Å². The molecular weight excluding hydrogens is 440 g/mol. The summed E-state index contributed by atoms with van der Waals surface area (Å²) in [6.45, 7) is 4.30. The van der Waals surface area contributed by atoms with Crippen molar-refractivity contribution in [2.75, 3.05) is 7.05 Å². The van der Waals surface area contributed by atoms with Crippen molar-refractivity contribution in [2.45, 2.75) is 76.9 Å². The maximum atomic E-state index is 13.5. The monoisotopic (exact) mass is 478 g/mol. The van der Waals surface area contributed by atoms with Gasteiger partial charge in [-0.15, -0.1) is 0 Å². The number of aliphatic hydroxyl groups is 2. The van der Waals surface area contributed by atoms with Crippen LogP contribution in [0.25, 0.3) is 0 Å². The van der Waals surface area contributed by atoms with Gasteiger partial charge in [-0.1, -0.05) is 19.4 Å². The van der Waals surface area contributed by atoms with E-state index in [-0.39, 0.29) is 41.3 Å². The fraction of sp³-hybridized carbons (Fsp3) is 0.679. The molecule has 188 valence electrons. The molecule has 4 aliphatic rings. The topological polar surface area (TPSA) is 120 Å². The van der Waals surface area contributed by atoms with Crippen molar-refractivity contribution >= 4 is 17.7 Å². The van der Waals surface area contributed by atoms with Crippen LogP contribution >= 0.6 is 0 Å². The molecule has 0 radical (unpaired) electrons. The van der Waals surface area contributed by atoms with Gasteiger partial charge in [0, 0.05) is 55.5 Å². The normalized spacial score (nSPS) is 43.6. The number of allylic oxidation sites excluding steroid dienone is 2. The molecule has 3 saturated carbocycles. The molecule has 1 aromatic heterocycles. The van der Waals surface area contributed by atoms with Crippen molar-refractivity contribution < 1.29 is 15.0 Å². The summed E-state index contributed by atoms with van der Waals surface area (Å²) in [6.07, 6.45) is 11.4. The number of Topliss-reactive ketones (excluding diaryl/α,β-unsaturated/α-hetero) is 1. The second kappa shape index (κ2) is 8.70. The van der Waals surface area contributed by atoms with E-state index in [1.807, 2.05) is 6.92 Å². The van der Waals surface area contributed by atoms with Crippen LogP contribution in [0.15, 0.2) is 35.1 Å². The number of rotatable bonds is 5. The number of hydrogen-bond acceptors (Lipinski definition) is 7. The van der Waals surface area contributed by atoms with Gasteiger partial charge in [-0.05, 0) is 73.8 Å². The molecule has 0 aromatic carbocycles. The molecule has 3 fully saturated rings. The number of nitrogens with zero attached hydrogens (tertiary/aromatic N) is 3. The fourth-order valence-electron chi connectivity index (χ4n) is 8.55. The minimum atomic E-state index is -1.43. The van der Waals surface area contributed by atoms with Crippen LogP contribution in [-0.4, -0.2) is 56.6 Å². The van der Waals surface area contributed by atoms with E-state index < -0.39 is 17.1 Å². The zero-order chi connectivity index (χ0) is 25.0. The Labute approximate surface area is 207 Å². The first-order valence-corrected chi connectivity index (χ1v) is 13.1. The summed E-state index contributed by atoms with van der Waals surface area (Å²) in [5.41, 5.74) is 0.0270. The SMILES string of the molecule is CN=C1C=C2CCC3C(C(O)CC4(C)C3CCC4(O)C(=O)CCc3ncccn3)C2(C)CC1C=N. The van der Waals surface area contributed by atoms with Gasteiger partial charge in [0.05, 0.1) is 6.10 Å².